The van der Waals surface area contributed by atoms with E-state index < -0.39 is 17.5 Å². The van der Waals surface area contributed by atoms with Gasteiger partial charge in [-0.2, -0.15) is 5.26 Å². The average molecular weight is 451 g/mol. The summed E-state index contributed by atoms with van der Waals surface area (Å²) < 4.78 is 32.7. The lowest BCUT2D eigenvalue weighted by atomic mass is 10.1. The van der Waals surface area contributed by atoms with Crippen LogP contribution in [0.1, 0.15) is 28.8 Å². The van der Waals surface area contributed by atoms with Gasteiger partial charge < -0.3 is 20.1 Å². The molecule has 3 aromatic rings. The number of aromatic nitrogens is 2. The largest absolute Gasteiger partial charge is 0.507 e. The van der Waals surface area contributed by atoms with Gasteiger partial charge in [0.05, 0.1) is 16.8 Å². The Morgan fingerprint density at radius 1 is 1.21 bits per heavy atom. The summed E-state index contributed by atoms with van der Waals surface area (Å²) in [5.74, 6) is -1.79. The molecule has 2 N–H and O–H groups in total. The van der Waals surface area contributed by atoms with Crippen molar-refractivity contribution in [2.45, 2.75) is 18.9 Å². The molecule has 1 aliphatic rings. The number of hydrogen-bond donors (Lipinski definition) is 2. The summed E-state index contributed by atoms with van der Waals surface area (Å²) in [6, 6.07) is 7.98. The Morgan fingerprint density at radius 2 is 2.00 bits per heavy atom. The molecule has 0 unspecified atom stereocenters. The Kier molecular flexibility index (Phi) is 6.31. The van der Waals surface area contributed by atoms with Gasteiger partial charge in [-0.05, 0) is 24.3 Å². The van der Waals surface area contributed by atoms with E-state index in [1.54, 1.807) is 0 Å². The van der Waals surface area contributed by atoms with Gasteiger partial charge in [0.2, 0.25) is 0 Å². The number of nitriles is 1. The topological polar surface area (TPSA) is 111 Å². The minimum Gasteiger partial charge on any atom is -0.507 e. The number of amides is 1. The van der Waals surface area contributed by atoms with Gasteiger partial charge in [-0.15, -0.1) is 0 Å². The van der Waals surface area contributed by atoms with E-state index in [0.29, 0.717) is 37.4 Å². The summed E-state index contributed by atoms with van der Waals surface area (Å²) in [6.07, 6.45) is 4.81. The molecule has 1 aromatic carbocycles. The van der Waals surface area contributed by atoms with Gasteiger partial charge in [-0.1, -0.05) is 0 Å². The second kappa shape index (κ2) is 9.48. The minimum absolute atomic E-state index is 0.00409. The highest BCUT2D eigenvalue weighted by Crippen LogP contribution is 2.30. The Morgan fingerprint density at radius 3 is 2.70 bits per heavy atom. The molecule has 0 radical (unpaired) electrons. The third-order valence-corrected chi connectivity index (χ3v) is 5.22. The van der Waals surface area contributed by atoms with Gasteiger partial charge in [0.1, 0.15) is 23.7 Å². The molecule has 0 atom stereocenters. The first-order valence-electron chi connectivity index (χ1n) is 10.2. The van der Waals surface area contributed by atoms with Gasteiger partial charge in [-0.25, -0.2) is 13.8 Å². The van der Waals surface area contributed by atoms with E-state index in [1.165, 1.54) is 36.8 Å². The van der Waals surface area contributed by atoms with Gasteiger partial charge in [-0.3, -0.25) is 9.78 Å². The van der Waals surface area contributed by atoms with E-state index >= 15 is 0 Å². The summed E-state index contributed by atoms with van der Waals surface area (Å²) in [6.45, 7) is 0.987. The summed E-state index contributed by atoms with van der Waals surface area (Å²) >= 11 is 0. The number of nitrogens with one attached hydrogen (secondary N) is 1. The SMILES string of the molecule is N#Cc1cnc(N2CCC(Oc3ccc(F)cc3F)CC2)c(NC(=O)c2cnccc2O)c1. The highest BCUT2D eigenvalue weighted by molar-refractivity contribution is 6.07. The van der Waals surface area contributed by atoms with Crippen LogP contribution in [0.2, 0.25) is 0 Å². The number of carbonyl (C=O) groups is 1. The van der Waals surface area contributed by atoms with Crippen LogP contribution in [0.15, 0.2) is 48.9 Å². The van der Waals surface area contributed by atoms with Crippen molar-refractivity contribution < 1.29 is 23.4 Å². The fourth-order valence-electron chi connectivity index (χ4n) is 3.55. The molecule has 1 saturated heterocycles. The Hall–Kier alpha value is -4.26. The molecule has 0 aliphatic carbocycles. The molecule has 1 aliphatic heterocycles. The van der Waals surface area contributed by atoms with Crippen LogP contribution >= 0.6 is 0 Å². The van der Waals surface area contributed by atoms with E-state index in [-0.39, 0.29) is 28.7 Å². The average Bonchev–Trinajstić information content (AvgIpc) is 2.81. The lowest BCUT2D eigenvalue weighted by molar-refractivity contribution is 0.102. The summed E-state index contributed by atoms with van der Waals surface area (Å²) in [4.78, 5) is 22.8. The number of carbonyl (C=O) groups excluding carboxylic acids is 1. The number of anilines is 2. The van der Waals surface area contributed by atoms with Crippen LogP contribution in [-0.2, 0) is 0 Å². The number of piperidine rings is 1. The van der Waals surface area contributed by atoms with Crippen LogP contribution < -0.4 is 15.0 Å². The zero-order valence-corrected chi connectivity index (χ0v) is 17.3. The van der Waals surface area contributed by atoms with Crippen molar-refractivity contribution in [3.63, 3.8) is 0 Å². The molecule has 33 heavy (non-hydrogen) atoms. The van der Waals surface area contributed by atoms with Crippen molar-refractivity contribution in [3.05, 3.63) is 71.7 Å². The van der Waals surface area contributed by atoms with Crippen molar-refractivity contribution in [3.8, 4) is 17.6 Å². The van der Waals surface area contributed by atoms with Crippen LogP contribution in [0.25, 0.3) is 0 Å². The van der Waals surface area contributed by atoms with Crippen molar-refractivity contribution in [1.82, 2.24) is 9.97 Å². The Balaban J connectivity index is 1.48. The van der Waals surface area contributed by atoms with Crippen LogP contribution in [0.4, 0.5) is 20.3 Å². The van der Waals surface area contributed by atoms with E-state index in [1.807, 2.05) is 11.0 Å². The second-order valence-corrected chi connectivity index (χ2v) is 7.43. The van der Waals surface area contributed by atoms with E-state index in [4.69, 9.17) is 4.74 Å². The van der Waals surface area contributed by atoms with Crippen molar-refractivity contribution in [2.75, 3.05) is 23.3 Å². The molecule has 168 valence electrons. The molecular formula is C23H19F2N5O3. The van der Waals surface area contributed by atoms with Gasteiger partial charge in [0.25, 0.3) is 5.91 Å². The zero-order chi connectivity index (χ0) is 23.4. The summed E-state index contributed by atoms with van der Waals surface area (Å²) in [5.41, 5.74) is 0.556. The molecule has 8 nitrogen and oxygen atoms in total. The third-order valence-electron chi connectivity index (χ3n) is 5.22. The zero-order valence-electron chi connectivity index (χ0n) is 17.3. The number of ether oxygens (including phenoxy) is 1. The molecule has 4 rings (SSSR count). The third kappa shape index (κ3) is 4.98. The van der Waals surface area contributed by atoms with Crippen LogP contribution in [0.5, 0.6) is 11.5 Å². The normalized spacial score (nSPS) is 13.9. The smallest absolute Gasteiger partial charge is 0.261 e. The summed E-state index contributed by atoms with van der Waals surface area (Å²) in [7, 11) is 0. The van der Waals surface area contributed by atoms with E-state index in [9.17, 15) is 23.9 Å². The van der Waals surface area contributed by atoms with Gasteiger partial charge in [0.15, 0.2) is 17.4 Å². The molecule has 2 aromatic heterocycles. The number of nitrogens with zero attached hydrogens (tertiary/aromatic N) is 4. The Labute approximate surface area is 188 Å². The van der Waals surface area contributed by atoms with E-state index in [2.05, 4.69) is 15.3 Å². The highest BCUT2D eigenvalue weighted by atomic mass is 19.1. The first-order valence-corrected chi connectivity index (χ1v) is 10.2. The minimum atomic E-state index is -0.755. The number of pyridine rings is 2. The molecule has 3 heterocycles. The molecule has 1 amide bonds. The number of halogens is 2. The molecule has 0 saturated carbocycles. The van der Waals surface area contributed by atoms with Gasteiger partial charge in [0, 0.05) is 50.6 Å². The lowest BCUT2D eigenvalue weighted by Crippen LogP contribution is -2.39. The first-order chi connectivity index (χ1) is 15.9. The number of benzene rings is 1. The number of aromatic hydroxyl groups is 1. The molecule has 0 spiro atoms. The van der Waals surface area contributed by atoms with Crippen molar-refractivity contribution in [1.29, 1.82) is 5.26 Å². The van der Waals surface area contributed by atoms with Crippen LogP contribution in [-0.4, -0.2) is 40.2 Å². The number of hydrogen-bond acceptors (Lipinski definition) is 7. The summed E-state index contributed by atoms with van der Waals surface area (Å²) in [5, 5.41) is 21.9. The molecular weight excluding hydrogens is 432 g/mol. The maximum Gasteiger partial charge on any atom is 0.261 e. The maximum atomic E-state index is 13.9. The first kappa shape index (κ1) is 22.0. The predicted molar refractivity (Wildman–Crippen MR) is 115 cm³/mol. The van der Waals surface area contributed by atoms with E-state index in [0.717, 1.165) is 12.1 Å². The van der Waals surface area contributed by atoms with Crippen LogP contribution in [0, 0.1) is 23.0 Å². The predicted octanol–water partition coefficient (Wildman–Crippen LogP) is 3.63. The van der Waals surface area contributed by atoms with Gasteiger partial charge >= 0.3 is 0 Å². The highest BCUT2D eigenvalue weighted by Gasteiger charge is 2.25. The second-order valence-electron chi connectivity index (χ2n) is 7.43. The molecule has 1 fully saturated rings. The molecule has 0 bridgehead atoms. The number of rotatable bonds is 5. The fraction of sp³-hybridized carbons (Fsp3) is 0.217. The lowest BCUT2D eigenvalue weighted by Gasteiger charge is -2.34. The fourth-order valence-corrected chi connectivity index (χ4v) is 3.55. The monoisotopic (exact) mass is 451 g/mol. The quantitative estimate of drug-likeness (QED) is 0.609. The van der Waals surface area contributed by atoms with Crippen molar-refractivity contribution >= 4 is 17.4 Å². The standard InChI is InChI=1S/C23H19F2N5O3/c24-15-1-2-21(18(25)10-15)33-16-4-7-30(8-5-16)22-19(9-14(11-26)12-28-22)29-23(32)17-13-27-6-3-20(17)31/h1-3,6,9-10,12-13,16H,4-5,7-8H2,(H,27,31)(H,29,32). The molecule has 10 heteroatoms. The maximum absolute atomic E-state index is 13.9. The van der Waals surface area contributed by atoms with Crippen LogP contribution in [0.3, 0.4) is 0 Å². The Bertz CT molecular complexity index is 1220. The van der Waals surface area contributed by atoms with Crippen molar-refractivity contribution in [2.24, 2.45) is 0 Å².